The number of anilines is 1. The first kappa shape index (κ1) is 21.0. The number of hydrogen-bond acceptors (Lipinski definition) is 3. The Hall–Kier alpha value is -4.25. The summed E-state index contributed by atoms with van der Waals surface area (Å²) >= 11 is 0. The van der Waals surface area contributed by atoms with E-state index in [1.807, 2.05) is 121 Å². The Labute approximate surface area is 187 Å². The maximum absolute atomic E-state index is 13.0. The lowest BCUT2D eigenvalue weighted by Gasteiger charge is -2.35. The molecule has 0 aliphatic rings. The van der Waals surface area contributed by atoms with Crippen molar-refractivity contribution in [1.82, 2.24) is 5.32 Å². The van der Waals surface area contributed by atoms with Crippen LogP contribution in [0.5, 0.6) is 11.5 Å². The van der Waals surface area contributed by atoms with Crippen molar-refractivity contribution in [3.8, 4) is 11.5 Å². The summed E-state index contributed by atoms with van der Waals surface area (Å²) in [6.07, 6.45) is 0. The zero-order valence-electron chi connectivity index (χ0n) is 17.5. The highest BCUT2D eigenvalue weighted by atomic mass is 16.6. The van der Waals surface area contributed by atoms with Crippen LogP contribution in [0, 0.1) is 0 Å². The van der Waals surface area contributed by atoms with E-state index in [-0.39, 0.29) is 6.61 Å². The smallest absolute Gasteiger partial charge is 0.322 e. The van der Waals surface area contributed by atoms with E-state index in [4.69, 9.17) is 9.47 Å². The van der Waals surface area contributed by atoms with Gasteiger partial charge in [0.2, 0.25) is 5.72 Å². The lowest BCUT2D eigenvalue weighted by molar-refractivity contribution is -0.00379. The first-order valence-corrected chi connectivity index (χ1v) is 10.4. The summed E-state index contributed by atoms with van der Waals surface area (Å²) in [7, 11) is 0. The summed E-state index contributed by atoms with van der Waals surface area (Å²) in [5, 5.41) is 5.88. The van der Waals surface area contributed by atoms with Crippen LogP contribution in [0.4, 0.5) is 10.5 Å². The van der Waals surface area contributed by atoms with Crippen LogP contribution in [-0.4, -0.2) is 12.6 Å². The molecule has 0 aromatic heterocycles. The first-order valence-electron chi connectivity index (χ1n) is 10.4. The molecule has 0 bridgehead atoms. The number of ether oxygens (including phenoxy) is 2. The zero-order chi connectivity index (χ0) is 22.1. The third-order valence-corrected chi connectivity index (χ3v) is 4.81. The molecule has 0 aliphatic heterocycles. The number of urea groups is 1. The molecule has 0 fully saturated rings. The predicted molar refractivity (Wildman–Crippen MR) is 126 cm³/mol. The average Bonchev–Trinajstić information content (AvgIpc) is 2.85. The highest BCUT2D eigenvalue weighted by Crippen LogP contribution is 2.28. The van der Waals surface area contributed by atoms with Gasteiger partial charge in [0.05, 0.1) is 0 Å². The number of benzene rings is 4. The molecular formula is C27H24N2O3. The fraction of sp³-hybridized carbons (Fsp3) is 0.0741. The van der Waals surface area contributed by atoms with Crippen LogP contribution in [0.25, 0.3) is 0 Å². The Morgan fingerprint density at radius 3 is 1.75 bits per heavy atom. The third kappa shape index (κ3) is 5.46. The lowest BCUT2D eigenvalue weighted by Crippen LogP contribution is -2.55. The average molecular weight is 425 g/mol. The van der Waals surface area contributed by atoms with Crippen LogP contribution in [0.15, 0.2) is 121 Å². The summed E-state index contributed by atoms with van der Waals surface area (Å²) in [5.74, 6) is 1.28. The molecule has 1 unspecified atom stereocenters. The van der Waals surface area contributed by atoms with Gasteiger partial charge in [-0.15, -0.1) is 0 Å². The van der Waals surface area contributed by atoms with E-state index in [2.05, 4.69) is 10.6 Å². The minimum atomic E-state index is -1.28. The Bertz CT molecular complexity index is 1110. The first-order chi connectivity index (χ1) is 15.7. The summed E-state index contributed by atoms with van der Waals surface area (Å²) < 4.78 is 12.5. The van der Waals surface area contributed by atoms with Gasteiger partial charge in [0.1, 0.15) is 11.5 Å². The van der Waals surface area contributed by atoms with Gasteiger partial charge in [0.15, 0.2) is 6.61 Å². The lowest BCUT2D eigenvalue weighted by atomic mass is 10.0. The van der Waals surface area contributed by atoms with Gasteiger partial charge in [-0.2, -0.15) is 0 Å². The Balaban J connectivity index is 1.68. The van der Waals surface area contributed by atoms with Crippen molar-refractivity contribution >= 4 is 11.7 Å². The van der Waals surface area contributed by atoms with E-state index in [1.54, 1.807) is 0 Å². The molecule has 0 spiro atoms. The summed E-state index contributed by atoms with van der Waals surface area (Å²) in [5.41, 5.74) is 0.149. The number of carbonyl (C=O) groups is 1. The van der Waals surface area contributed by atoms with Gasteiger partial charge in [-0.1, -0.05) is 84.9 Å². The van der Waals surface area contributed by atoms with Gasteiger partial charge in [-0.05, 0) is 36.4 Å². The zero-order valence-corrected chi connectivity index (χ0v) is 17.5. The van der Waals surface area contributed by atoms with Gasteiger partial charge in [0.25, 0.3) is 0 Å². The third-order valence-electron chi connectivity index (χ3n) is 4.81. The summed E-state index contributed by atoms with van der Waals surface area (Å²) in [6, 6.07) is 37.2. The molecule has 32 heavy (non-hydrogen) atoms. The predicted octanol–water partition coefficient (Wildman–Crippen LogP) is 5.82. The van der Waals surface area contributed by atoms with Crippen LogP contribution in [0.3, 0.4) is 0 Å². The quantitative estimate of drug-likeness (QED) is 0.351. The molecule has 0 radical (unpaired) electrons. The highest BCUT2D eigenvalue weighted by Gasteiger charge is 2.38. The van der Waals surface area contributed by atoms with Crippen molar-refractivity contribution in [3.63, 3.8) is 0 Å². The SMILES string of the molecule is O=C(Nc1ccccc1)NC(COc1ccccc1)(Oc1ccccc1)c1ccccc1. The van der Waals surface area contributed by atoms with Gasteiger partial charge in [-0.25, -0.2) is 4.79 Å². The second-order valence-corrected chi connectivity index (χ2v) is 7.16. The Morgan fingerprint density at radius 2 is 1.16 bits per heavy atom. The van der Waals surface area contributed by atoms with Crippen molar-refractivity contribution in [2.24, 2.45) is 0 Å². The number of amides is 2. The van der Waals surface area contributed by atoms with Gasteiger partial charge >= 0.3 is 6.03 Å². The van der Waals surface area contributed by atoms with E-state index in [9.17, 15) is 4.79 Å². The number of carbonyl (C=O) groups excluding carboxylic acids is 1. The van der Waals surface area contributed by atoms with Crippen molar-refractivity contribution in [2.45, 2.75) is 5.72 Å². The van der Waals surface area contributed by atoms with E-state index in [0.717, 1.165) is 5.56 Å². The Morgan fingerprint density at radius 1 is 0.656 bits per heavy atom. The standard InChI is InChI=1S/C27H24N2O3/c30-26(28-23-15-7-2-8-16-23)29-27(22-13-5-1-6-14-22,32-25-19-11-4-12-20-25)21-31-24-17-9-3-10-18-24/h1-20H,21H2,(H2,28,29,30). The molecule has 2 N–H and O–H groups in total. The van der Waals surface area contributed by atoms with Crippen molar-refractivity contribution in [1.29, 1.82) is 0 Å². The highest BCUT2D eigenvalue weighted by molar-refractivity contribution is 5.89. The number of hydrogen-bond donors (Lipinski definition) is 2. The normalized spacial score (nSPS) is 12.2. The topological polar surface area (TPSA) is 59.6 Å². The molecule has 0 heterocycles. The molecule has 160 valence electrons. The minimum Gasteiger partial charge on any atom is -0.487 e. The minimum absolute atomic E-state index is 0.0537. The Kier molecular flexibility index (Phi) is 6.68. The van der Waals surface area contributed by atoms with Crippen molar-refractivity contribution in [2.75, 3.05) is 11.9 Å². The fourth-order valence-electron chi connectivity index (χ4n) is 3.27. The van der Waals surface area contributed by atoms with Crippen LogP contribution in [0.1, 0.15) is 5.56 Å². The maximum Gasteiger partial charge on any atom is 0.322 e. The second kappa shape index (κ2) is 10.2. The molecule has 5 heteroatoms. The monoisotopic (exact) mass is 424 g/mol. The molecule has 2 amide bonds. The molecule has 4 rings (SSSR count). The van der Waals surface area contributed by atoms with Crippen molar-refractivity contribution < 1.29 is 14.3 Å². The largest absolute Gasteiger partial charge is 0.487 e. The van der Waals surface area contributed by atoms with Crippen LogP contribution in [0.2, 0.25) is 0 Å². The summed E-state index contributed by atoms with van der Waals surface area (Å²) in [6.45, 7) is 0.0537. The van der Waals surface area contributed by atoms with Crippen LogP contribution < -0.4 is 20.1 Å². The molecular weight excluding hydrogens is 400 g/mol. The number of nitrogens with one attached hydrogen (secondary N) is 2. The molecule has 1 atom stereocenters. The van der Waals surface area contributed by atoms with Crippen LogP contribution in [-0.2, 0) is 5.72 Å². The van der Waals surface area contributed by atoms with Gasteiger partial charge in [-0.3, -0.25) is 5.32 Å². The molecule has 0 saturated carbocycles. The molecule has 4 aromatic rings. The maximum atomic E-state index is 13.0. The molecule has 5 nitrogen and oxygen atoms in total. The van der Waals surface area contributed by atoms with Crippen LogP contribution >= 0.6 is 0 Å². The van der Waals surface area contributed by atoms with Gasteiger partial charge < -0.3 is 14.8 Å². The van der Waals surface area contributed by atoms with E-state index in [0.29, 0.717) is 17.2 Å². The fourth-order valence-corrected chi connectivity index (χ4v) is 3.27. The molecule has 0 aliphatic carbocycles. The second-order valence-electron chi connectivity index (χ2n) is 7.16. The van der Waals surface area contributed by atoms with Crippen molar-refractivity contribution in [3.05, 3.63) is 127 Å². The van der Waals surface area contributed by atoms with E-state index in [1.165, 1.54) is 0 Å². The number of rotatable bonds is 8. The molecule has 0 saturated heterocycles. The summed E-state index contributed by atoms with van der Waals surface area (Å²) in [4.78, 5) is 13.0. The number of para-hydroxylation sites is 3. The van der Waals surface area contributed by atoms with E-state index >= 15 is 0 Å². The molecule has 4 aromatic carbocycles. The van der Waals surface area contributed by atoms with Gasteiger partial charge in [0, 0.05) is 11.3 Å². The van der Waals surface area contributed by atoms with E-state index < -0.39 is 11.8 Å².